The zero-order valence-electron chi connectivity index (χ0n) is 10.4. The second kappa shape index (κ2) is 7.03. The van der Waals surface area contributed by atoms with Crippen LogP contribution in [0.25, 0.3) is 0 Å². The number of hydrogen-bond donors (Lipinski definition) is 1. The molecule has 0 aliphatic rings. The van der Waals surface area contributed by atoms with E-state index in [4.69, 9.17) is 23.2 Å². The molecule has 4 nitrogen and oxygen atoms in total. The molecule has 1 aromatic heterocycles. The minimum absolute atomic E-state index is 0.0546. The Labute approximate surface area is 141 Å². The number of hydrogen-bond acceptors (Lipinski definition) is 5. The molecule has 0 aliphatic carbocycles. The van der Waals surface area contributed by atoms with Gasteiger partial charge in [-0.25, -0.2) is 0 Å². The van der Waals surface area contributed by atoms with E-state index in [2.05, 4.69) is 15.5 Å². The van der Waals surface area contributed by atoms with Gasteiger partial charge in [-0.15, -0.1) is 22.0 Å². The first-order valence-electron chi connectivity index (χ1n) is 5.54. The summed E-state index contributed by atoms with van der Waals surface area (Å²) >= 11 is 13.1. The molecule has 0 aliphatic heterocycles. The number of rotatable bonds is 4. The lowest BCUT2D eigenvalue weighted by Gasteiger charge is -2.04. The number of alkyl halides is 3. The number of aromatic nitrogens is 2. The summed E-state index contributed by atoms with van der Waals surface area (Å²) < 4.78 is 37.1. The monoisotopic (exact) mass is 387 g/mol. The van der Waals surface area contributed by atoms with Gasteiger partial charge in [0.2, 0.25) is 16.0 Å². The first-order chi connectivity index (χ1) is 10.3. The number of thioether (sulfide) groups is 1. The smallest absolute Gasteiger partial charge is 0.300 e. The molecule has 0 bridgehead atoms. The maximum atomic E-state index is 12.4. The van der Waals surface area contributed by atoms with Crippen molar-refractivity contribution in [2.45, 2.75) is 11.1 Å². The molecule has 0 unspecified atom stereocenters. The molecule has 2 rings (SSSR count). The van der Waals surface area contributed by atoms with Gasteiger partial charge in [-0.05, 0) is 18.2 Å². The van der Waals surface area contributed by atoms with Gasteiger partial charge in [0.05, 0.1) is 10.8 Å². The van der Waals surface area contributed by atoms with Crippen LogP contribution in [0.3, 0.4) is 0 Å². The standard InChI is InChI=1S/C11H6Cl2F3N3OS2/c12-5-1-2-6(13)7(3-5)21-4-8(20)17-10-19-18-9(22-10)11(14,15)16/h1-3H,4H2,(H,17,19,20). The van der Waals surface area contributed by atoms with Gasteiger partial charge in [0, 0.05) is 9.92 Å². The van der Waals surface area contributed by atoms with Crippen molar-refractivity contribution in [3.63, 3.8) is 0 Å². The first kappa shape index (κ1) is 17.3. The maximum absolute atomic E-state index is 12.4. The molecule has 0 fully saturated rings. The second-order valence-electron chi connectivity index (χ2n) is 3.82. The Kier molecular flexibility index (Phi) is 5.54. The van der Waals surface area contributed by atoms with E-state index >= 15 is 0 Å². The molecule has 11 heteroatoms. The predicted octanol–water partition coefficient (Wildman–Crippen LogP) is 4.59. The highest BCUT2D eigenvalue weighted by molar-refractivity contribution is 8.00. The molecule has 0 spiro atoms. The van der Waals surface area contributed by atoms with Crippen LogP contribution in [-0.2, 0) is 11.0 Å². The van der Waals surface area contributed by atoms with Gasteiger partial charge in [-0.2, -0.15) is 13.2 Å². The molecular weight excluding hydrogens is 382 g/mol. The molecule has 1 aromatic carbocycles. The van der Waals surface area contributed by atoms with Crippen LogP contribution < -0.4 is 5.32 Å². The highest BCUT2D eigenvalue weighted by atomic mass is 35.5. The lowest BCUT2D eigenvalue weighted by Crippen LogP contribution is -2.13. The Balaban J connectivity index is 1.93. The van der Waals surface area contributed by atoms with E-state index < -0.39 is 17.1 Å². The molecule has 1 N–H and O–H groups in total. The Morgan fingerprint density at radius 3 is 2.68 bits per heavy atom. The largest absolute Gasteiger partial charge is 0.445 e. The van der Waals surface area contributed by atoms with Gasteiger partial charge < -0.3 is 0 Å². The Hall–Kier alpha value is -1.03. The van der Waals surface area contributed by atoms with Crippen molar-refractivity contribution in [3.05, 3.63) is 33.3 Å². The second-order valence-corrected chi connectivity index (χ2v) is 6.66. The van der Waals surface area contributed by atoms with E-state index in [-0.39, 0.29) is 22.2 Å². The van der Waals surface area contributed by atoms with E-state index in [9.17, 15) is 18.0 Å². The van der Waals surface area contributed by atoms with Crippen LogP contribution >= 0.6 is 46.3 Å². The summed E-state index contributed by atoms with van der Waals surface area (Å²) in [6, 6.07) is 4.78. The average Bonchev–Trinajstić information content (AvgIpc) is 2.88. The van der Waals surface area contributed by atoms with Crippen molar-refractivity contribution < 1.29 is 18.0 Å². The van der Waals surface area contributed by atoms with Gasteiger partial charge in [-0.3, -0.25) is 10.1 Å². The fourth-order valence-electron chi connectivity index (χ4n) is 1.27. The molecule has 118 valence electrons. The van der Waals surface area contributed by atoms with Crippen LogP contribution in [0.5, 0.6) is 0 Å². The van der Waals surface area contributed by atoms with Gasteiger partial charge in [0.25, 0.3) is 0 Å². The van der Waals surface area contributed by atoms with Crippen LogP contribution in [0.15, 0.2) is 23.1 Å². The highest BCUT2D eigenvalue weighted by Gasteiger charge is 2.35. The topological polar surface area (TPSA) is 54.9 Å². The number of nitrogens with zero attached hydrogens (tertiary/aromatic N) is 2. The van der Waals surface area contributed by atoms with Crippen LogP contribution in [0.4, 0.5) is 18.3 Å². The average molecular weight is 388 g/mol. The van der Waals surface area contributed by atoms with E-state index in [1.807, 2.05) is 0 Å². The van der Waals surface area contributed by atoms with Crippen LogP contribution in [-0.4, -0.2) is 21.9 Å². The van der Waals surface area contributed by atoms with E-state index in [1.165, 1.54) is 0 Å². The van der Waals surface area contributed by atoms with Gasteiger partial charge in [0.1, 0.15) is 0 Å². The normalized spacial score (nSPS) is 11.5. The molecule has 0 radical (unpaired) electrons. The molecule has 1 heterocycles. The third-order valence-corrected chi connectivity index (χ3v) is 4.78. The van der Waals surface area contributed by atoms with Crippen molar-refractivity contribution >= 4 is 57.3 Å². The summed E-state index contributed by atoms with van der Waals surface area (Å²) in [6.07, 6.45) is -4.58. The van der Waals surface area contributed by atoms with Crippen LogP contribution in [0.2, 0.25) is 10.0 Å². The highest BCUT2D eigenvalue weighted by Crippen LogP contribution is 2.33. The van der Waals surface area contributed by atoms with E-state index in [1.54, 1.807) is 18.2 Å². The van der Waals surface area contributed by atoms with Gasteiger partial charge >= 0.3 is 6.18 Å². The predicted molar refractivity (Wildman–Crippen MR) is 80.7 cm³/mol. The molecule has 2 aromatic rings. The number of carbonyl (C=O) groups excluding carboxylic acids is 1. The summed E-state index contributed by atoms with van der Waals surface area (Å²) in [7, 11) is 0. The Morgan fingerprint density at radius 2 is 2.05 bits per heavy atom. The third-order valence-electron chi connectivity index (χ3n) is 2.17. The minimum Gasteiger partial charge on any atom is -0.300 e. The number of anilines is 1. The number of amides is 1. The summed E-state index contributed by atoms with van der Waals surface area (Å²) in [4.78, 5) is 12.3. The molecular formula is C11H6Cl2F3N3OS2. The van der Waals surface area contributed by atoms with Crippen molar-refractivity contribution in [2.24, 2.45) is 0 Å². The Morgan fingerprint density at radius 1 is 1.32 bits per heavy atom. The fourth-order valence-corrected chi connectivity index (χ4v) is 3.19. The quantitative estimate of drug-likeness (QED) is 0.779. The first-order valence-corrected chi connectivity index (χ1v) is 8.10. The summed E-state index contributed by atoms with van der Waals surface area (Å²) in [5, 5.41) is 8.05. The summed E-state index contributed by atoms with van der Waals surface area (Å²) in [5.74, 6) is -0.577. The van der Waals surface area contributed by atoms with Crippen LogP contribution in [0.1, 0.15) is 5.01 Å². The summed E-state index contributed by atoms with van der Waals surface area (Å²) in [5.41, 5.74) is 0. The van der Waals surface area contributed by atoms with Gasteiger partial charge in [-0.1, -0.05) is 34.5 Å². The number of carbonyl (C=O) groups is 1. The molecule has 0 saturated carbocycles. The number of nitrogens with one attached hydrogen (secondary N) is 1. The zero-order valence-corrected chi connectivity index (χ0v) is 13.6. The van der Waals surface area contributed by atoms with Crippen molar-refractivity contribution in [1.29, 1.82) is 0 Å². The molecule has 1 amide bonds. The Bertz CT molecular complexity index is 693. The van der Waals surface area contributed by atoms with Gasteiger partial charge in [0.15, 0.2) is 0 Å². The van der Waals surface area contributed by atoms with Crippen molar-refractivity contribution in [1.82, 2.24) is 10.2 Å². The molecule has 0 atom stereocenters. The van der Waals surface area contributed by atoms with Crippen molar-refractivity contribution in [3.8, 4) is 0 Å². The SMILES string of the molecule is O=C(CSc1cc(Cl)ccc1Cl)Nc1nnc(C(F)(F)F)s1. The number of halogens is 5. The lowest BCUT2D eigenvalue weighted by molar-refractivity contribution is -0.138. The summed E-state index contributed by atoms with van der Waals surface area (Å²) in [6.45, 7) is 0. The maximum Gasteiger partial charge on any atom is 0.445 e. The van der Waals surface area contributed by atoms with E-state index in [0.717, 1.165) is 11.8 Å². The number of benzene rings is 1. The van der Waals surface area contributed by atoms with Crippen LogP contribution in [0, 0.1) is 0 Å². The third kappa shape index (κ3) is 4.73. The van der Waals surface area contributed by atoms with Crippen molar-refractivity contribution in [2.75, 3.05) is 11.1 Å². The van der Waals surface area contributed by atoms with E-state index in [0.29, 0.717) is 14.9 Å². The molecule has 22 heavy (non-hydrogen) atoms. The minimum atomic E-state index is -4.58. The fraction of sp³-hybridized carbons (Fsp3) is 0.182. The zero-order chi connectivity index (χ0) is 16.3. The lowest BCUT2D eigenvalue weighted by atomic mass is 10.4. The molecule has 0 saturated heterocycles.